The lowest BCUT2D eigenvalue weighted by Gasteiger charge is -2.25. The molecule has 2 atom stereocenters. The molecule has 1 aliphatic rings. The van der Waals surface area contributed by atoms with Crippen molar-refractivity contribution in [3.8, 4) is 0 Å². The summed E-state index contributed by atoms with van der Waals surface area (Å²) >= 11 is 1.27. The summed E-state index contributed by atoms with van der Waals surface area (Å²) in [4.78, 5) is 22.9. The molecule has 0 aromatic carbocycles. The van der Waals surface area contributed by atoms with Gasteiger partial charge in [-0.15, -0.1) is 0 Å². The van der Waals surface area contributed by atoms with E-state index in [9.17, 15) is 14.7 Å². The summed E-state index contributed by atoms with van der Waals surface area (Å²) < 4.78 is 0. The van der Waals surface area contributed by atoms with Gasteiger partial charge < -0.3 is 5.11 Å². The van der Waals surface area contributed by atoms with Crippen LogP contribution in [-0.4, -0.2) is 27.9 Å². The zero-order chi connectivity index (χ0) is 12.9. The Labute approximate surface area is 107 Å². The summed E-state index contributed by atoms with van der Waals surface area (Å²) in [5, 5.41) is 9.85. The normalized spacial score (nSPS) is 29.1. The largest absolute Gasteiger partial charge is 0.392 e. The second-order valence-corrected chi connectivity index (χ2v) is 5.86. The molecule has 0 aliphatic heterocycles. The minimum absolute atomic E-state index is 0.0518. The van der Waals surface area contributed by atoms with Crippen molar-refractivity contribution in [2.45, 2.75) is 45.6 Å². The lowest BCUT2D eigenvalue weighted by Crippen LogP contribution is -2.32. The third-order valence-corrected chi connectivity index (χ3v) is 4.10. The fourth-order valence-corrected chi connectivity index (χ4v) is 2.59. The van der Waals surface area contributed by atoms with E-state index in [1.54, 1.807) is 12.2 Å². The fraction of sp³-hybridized carbons (Fsp3) is 0.692. The third kappa shape index (κ3) is 3.68. The Bertz CT molecular complexity index is 325. The molecule has 3 nitrogen and oxygen atoms in total. The first-order valence-corrected chi connectivity index (χ1v) is 7.04. The van der Waals surface area contributed by atoms with Crippen molar-refractivity contribution in [1.82, 2.24) is 0 Å². The molecule has 0 saturated heterocycles. The van der Waals surface area contributed by atoms with Gasteiger partial charge in [-0.2, -0.15) is 0 Å². The van der Waals surface area contributed by atoms with Crippen LogP contribution in [0, 0.1) is 5.41 Å². The molecule has 0 amide bonds. The molecule has 2 unspecified atom stereocenters. The van der Waals surface area contributed by atoms with Crippen LogP contribution in [0.25, 0.3) is 0 Å². The number of carbonyl (C=O) groups excluding carboxylic acids is 2. The highest BCUT2D eigenvalue weighted by Crippen LogP contribution is 2.38. The highest BCUT2D eigenvalue weighted by molar-refractivity contribution is 8.14. The molecule has 96 valence electrons. The van der Waals surface area contributed by atoms with Gasteiger partial charge in [-0.1, -0.05) is 31.7 Å². The van der Waals surface area contributed by atoms with Crippen LogP contribution >= 0.6 is 11.8 Å². The molecular formula is C13H20O3S. The molecule has 0 radical (unpaired) electrons. The number of aliphatic hydroxyl groups excluding tert-OH is 1. The molecule has 1 saturated carbocycles. The summed E-state index contributed by atoms with van der Waals surface area (Å²) in [5.74, 6) is 0.922. The monoisotopic (exact) mass is 256 g/mol. The molecule has 0 aromatic rings. The highest BCUT2D eigenvalue weighted by Gasteiger charge is 2.44. The second kappa shape index (κ2) is 6.36. The van der Waals surface area contributed by atoms with Crippen LogP contribution in [-0.2, 0) is 9.59 Å². The van der Waals surface area contributed by atoms with E-state index < -0.39 is 11.5 Å². The van der Waals surface area contributed by atoms with E-state index in [2.05, 4.69) is 0 Å². The Morgan fingerprint density at radius 2 is 2.35 bits per heavy atom. The van der Waals surface area contributed by atoms with E-state index >= 15 is 0 Å². The third-order valence-electron chi connectivity index (χ3n) is 3.39. The molecule has 0 heterocycles. The summed E-state index contributed by atoms with van der Waals surface area (Å²) in [6.45, 7) is 3.76. The Kier molecular flexibility index (Phi) is 5.40. The topological polar surface area (TPSA) is 54.4 Å². The number of hydrogen-bond donors (Lipinski definition) is 1. The van der Waals surface area contributed by atoms with E-state index in [0.717, 1.165) is 5.75 Å². The molecule has 0 spiro atoms. The number of rotatable bonds is 5. The lowest BCUT2D eigenvalue weighted by molar-refractivity contribution is -0.128. The number of Topliss-reactive ketones (excluding diaryl/α,β-unsaturated/α-hetero) is 1. The molecule has 1 rings (SSSR count). The van der Waals surface area contributed by atoms with Crippen molar-refractivity contribution in [2.75, 3.05) is 5.75 Å². The Morgan fingerprint density at radius 1 is 1.65 bits per heavy atom. The summed E-state index contributed by atoms with van der Waals surface area (Å²) in [6, 6.07) is 0. The number of carbonyl (C=O) groups is 2. The zero-order valence-electron chi connectivity index (χ0n) is 10.4. The minimum atomic E-state index is -0.606. The Morgan fingerprint density at radius 3 is 2.88 bits per heavy atom. The maximum atomic E-state index is 11.7. The molecule has 1 fully saturated rings. The van der Waals surface area contributed by atoms with Gasteiger partial charge >= 0.3 is 0 Å². The standard InChI is InChI=1S/C13H20O3S/c1-3-17-12(16)6-4-5-9-13(2)10(14)7-8-11(13)15/h4,6,10,14H,3,5,7-9H2,1-2H3/b6-4+. The van der Waals surface area contributed by atoms with Crippen molar-refractivity contribution in [2.24, 2.45) is 5.41 Å². The highest BCUT2D eigenvalue weighted by atomic mass is 32.2. The number of allylic oxidation sites excluding steroid dienone is 1. The van der Waals surface area contributed by atoms with E-state index in [-0.39, 0.29) is 10.9 Å². The maximum absolute atomic E-state index is 11.7. The van der Waals surface area contributed by atoms with Gasteiger partial charge in [0.25, 0.3) is 0 Å². The SMILES string of the molecule is CCSC(=O)/C=C/CCC1(C)C(=O)CCC1O. The zero-order valence-corrected chi connectivity index (χ0v) is 11.3. The molecule has 0 bridgehead atoms. The van der Waals surface area contributed by atoms with E-state index in [4.69, 9.17) is 0 Å². The average Bonchev–Trinajstić information content (AvgIpc) is 2.54. The van der Waals surface area contributed by atoms with Gasteiger partial charge in [-0.25, -0.2) is 0 Å². The van der Waals surface area contributed by atoms with Gasteiger partial charge in [0, 0.05) is 6.42 Å². The molecule has 1 N–H and O–H groups in total. The minimum Gasteiger partial charge on any atom is -0.392 e. The van der Waals surface area contributed by atoms with Gasteiger partial charge in [0.15, 0.2) is 0 Å². The summed E-state index contributed by atoms with van der Waals surface area (Å²) in [6.07, 6.45) is 5.17. The smallest absolute Gasteiger partial charge is 0.211 e. The molecule has 0 aromatic heterocycles. The molecule has 17 heavy (non-hydrogen) atoms. The number of aliphatic hydroxyl groups is 1. The second-order valence-electron chi connectivity index (χ2n) is 4.59. The van der Waals surface area contributed by atoms with Crippen LogP contribution in [0.5, 0.6) is 0 Å². The fourth-order valence-electron chi connectivity index (χ4n) is 2.12. The van der Waals surface area contributed by atoms with Crippen molar-refractivity contribution in [3.63, 3.8) is 0 Å². The Balaban J connectivity index is 2.40. The van der Waals surface area contributed by atoms with Gasteiger partial charge in [0.1, 0.15) is 5.78 Å². The number of hydrogen-bond acceptors (Lipinski definition) is 4. The van der Waals surface area contributed by atoms with Crippen molar-refractivity contribution in [3.05, 3.63) is 12.2 Å². The summed E-state index contributed by atoms with van der Waals surface area (Å²) in [7, 11) is 0. The van der Waals surface area contributed by atoms with Crippen LogP contribution in [0.15, 0.2) is 12.2 Å². The van der Waals surface area contributed by atoms with Gasteiger partial charge in [-0.05, 0) is 31.1 Å². The van der Waals surface area contributed by atoms with Crippen molar-refractivity contribution < 1.29 is 14.7 Å². The predicted molar refractivity (Wildman–Crippen MR) is 69.9 cm³/mol. The first-order chi connectivity index (χ1) is 8.00. The van der Waals surface area contributed by atoms with Crippen LogP contribution < -0.4 is 0 Å². The van der Waals surface area contributed by atoms with E-state index in [1.165, 1.54) is 11.8 Å². The number of thioether (sulfide) groups is 1. The Hall–Kier alpha value is -0.610. The van der Waals surface area contributed by atoms with Crippen LogP contribution in [0.3, 0.4) is 0 Å². The maximum Gasteiger partial charge on any atom is 0.211 e. The summed E-state index contributed by atoms with van der Waals surface area (Å²) in [5.41, 5.74) is -0.606. The predicted octanol–water partition coefficient (Wildman–Crippen LogP) is 2.33. The van der Waals surface area contributed by atoms with Crippen molar-refractivity contribution in [1.29, 1.82) is 0 Å². The molecule has 4 heteroatoms. The van der Waals surface area contributed by atoms with Crippen LogP contribution in [0.1, 0.15) is 39.5 Å². The van der Waals surface area contributed by atoms with E-state index in [0.29, 0.717) is 25.7 Å². The number of ketones is 1. The lowest BCUT2D eigenvalue weighted by atomic mass is 9.81. The first kappa shape index (κ1) is 14.5. The van der Waals surface area contributed by atoms with Crippen LogP contribution in [0.2, 0.25) is 0 Å². The van der Waals surface area contributed by atoms with E-state index in [1.807, 2.05) is 13.8 Å². The van der Waals surface area contributed by atoms with Gasteiger partial charge in [0.2, 0.25) is 5.12 Å². The molecular weight excluding hydrogens is 236 g/mol. The van der Waals surface area contributed by atoms with Gasteiger partial charge in [-0.3, -0.25) is 9.59 Å². The molecule has 1 aliphatic carbocycles. The quantitative estimate of drug-likeness (QED) is 0.767. The van der Waals surface area contributed by atoms with Crippen LogP contribution in [0.4, 0.5) is 0 Å². The average molecular weight is 256 g/mol. The van der Waals surface area contributed by atoms with Crippen molar-refractivity contribution >= 4 is 22.7 Å². The van der Waals surface area contributed by atoms with Gasteiger partial charge in [0.05, 0.1) is 11.5 Å². The first-order valence-electron chi connectivity index (χ1n) is 6.05.